The lowest BCUT2D eigenvalue weighted by atomic mass is 10.3. The van der Waals surface area contributed by atoms with Crippen molar-refractivity contribution in [3.8, 4) is 0 Å². The van der Waals surface area contributed by atoms with Gasteiger partial charge in [-0.2, -0.15) is 0 Å². The summed E-state index contributed by atoms with van der Waals surface area (Å²) in [6.07, 6.45) is 0. The molecule has 16 heavy (non-hydrogen) atoms. The molecule has 0 saturated heterocycles. The molecular weight excluding hydrogens is 233 g/mol. The first-order chi connectivity index (χ1) is 7.74. The van der Waals surface area contributed by atoms with Crippen LogP contribution in [0.15, 0.2) is 18.2 Å². The smallest absolute Gasteiger partial charge is 0.146 e. The average molecular weight is 248 g/mol. The second-order valence-electron chi connectivity index (χ2n) is 3.16. The van der Waals surface area contributed by atoms with Crippen LogP contribution in [0.2, 0.25) is 5.02 Å². The zero-order valence-corrected chi connectivity index (χ0v) is 9.89. The molecule has 90 valence electrons. The van der Waals surface area contributed by atoms with Gasteiger partial charge in [0.25, 0.3) is 0 Å². The Bertz CT molecular complexity index is 323. The Kier molecular flexibility index (Phi) is 6.15. The molecular formula is C11H15ClFNO2. The van der Waals surface area contributed by atoms with Gasteiger partial charge in [-0.25, -0.2) is 4.39 Å². The number of hydrogen-bond donors (Lipinski definition) is 1. The molecule has 0 aliphatic rings. The first-order valence-corrected chi connectivity index (χ1v) is 5.37. The zero-order valence-electron chi connectivity index (χ0n) is 9.13. The Balaban J connectivity index is 2.23. The van der Waals surface area contributed by atoms with Crippen molar-refractivity contribution >= 4 is 17.3 Å². The molecule has 0 radical (unpaired) electrons. The fraction of sp³-hybridized carbons (Fsp3) is 0.455. The number of halogens is 2. The molecule has 0 aliphatic heterocycles. The maximum absolute atomic E-state index is 13.2. The number of benzene rings is 1. The van der Waals surface area contributed by atoms with Crippen LogP contribution in [0.1, 0.15) is 0 Å². The molecule has 0 saturated carbocycles. The maximum Gasteiger partial charge on any atom is 0.146 e. The zero-order chi connectivity index (χ0) is 11.8. The molecule has 1 aromatic carbocycles. The molecule has 0 bridgehead atoms. The Morgan fingerprint density at radius 3 is 2.88 bits per heavy atom. The lowest BCUT2D eigenvalue weighted by Crippen LogP contribution is -2.12. The number of hydrogen-bond acceptors (Lipinski definition) is 3. The van der Waals surface area contributed by atoms with Crippen LogP contribution in [0.4, 0.5) is 10.1 Å². The van der Waals surface area contributed by atoms with Crippen molar-refractivity contribution in [1.82, 2.24) is 0 Å². The van der Waals surface area contributed by atoms with Gasteiger partial charge < -0.3 is 14.8 Å². The van der Waals surface area contributed by atoms with Gasteiger partial charge in [0.15, 0.2) is 0 Å². The first kappa shape index (κ1) is 13.2. The van der Waals surface area contributed by atoms with Crippen molar-refractivity contribution in [1.29, 1.82) is 0 Å². The SMILES string of the molecule is COCCOCCNc1cc(Cl)ccc1F. The van der Waals surface area contributed by atoms with Gasteiger partial charge >= 0.3 is 0 Å². The highest BCUT2D eigenvalue weighted by Crippen LogP contribution is 2.18. The van der Waals surface area contributed by atoms with E-state index >= 15 is 0 Å². The third kappa shape index (κ3) is 4.79. The first-order valence-electron chi connectivity index (χ1n) is 4.99. The molecule has 1 N–H and O–H groups in total. The quantitative estimate of drug-likeness (QED) is 0.752. The van der Waals surface area contributed by atoms with Gasteiger partial charge in [-0.3, -0.25) is 0 Å². The summed E-state index contributed by atoms with van der Waals surface area (Å²) in [5.41, 5.74) is 0.392. The number of nitrogens with one attached hydrogen (secondary N) is 1. The highest BCUT2D eigenvalue weighted by molar-refractivity contribution is 6.30. The van der Waals surface area contributed by atoms with E-state index in [0.717, 1.165) is 0 Å². The minimum Gasteiger partial charge on any atom is -0.382 e. The molecule has 1 aromatic rings. The third-order valence-corrected chi connectivity index (χ3v) is 2.16. The predicted octanol–water partition coefficient (Wildman–Crippen LogP) is 2.55. The minimum absolute atomic E-state index is 0.318. The van der Waals surface area contributed by atoms with Gasteiger partial charge in [0, 0.05) is 18.7 Å². The number of rotatable bonds is 7. The van der Waals surface area contributed by atoms with E-state index in [4.69, 9.17) is 21.1 Å². The van der Waals surface area contributed by atoms with E-state index in [9.17, 15) is 4.39 Å². The molecule has 3 nitrogen and oxygen atoms in total. The van der Waals surface area contributed by atoms with Crippen LogP contribution in [0.3, 0.4) is 0 Å². The van der Waals surface area contributed by atoms with Gasteiger partial charge in [-0.15, -0.1) is 0 Å². The highest BCUT2D eigenvalue weighted by atomic mass is 35.5. The normalized spacial score (nSPS) is 10.4. The van der Waals surface area contributed by atoms with E-state index in [1.54, 1.807) is 13.2 Å². The summed E-state index contributed by atoms with van der Waals surface area (Å²) in [6.45, 7) is 2.12. The third-order valence-electron chi connectivity index (χ3n) is 1.92. The second kappa shape index (κ2) is 7.44. The van der Waals surface area contributed by atoms with Crippen molar-refractivity contribution in [3.63, 3.8) is 0 Å². The van der Waals surface area contributed by atoms with Crippen molar-refractivity contribution in [2.45, 2.75) is 0 Å². The topological polar surface area (TPSA) is 30.5 Å². The molecule has 0 unspecified atom stereocenters. The summed E-state index contributed by atoms with van der Waals surface area (Å²) in [4.78, 5) is 0. The van der Waals surface area contributed by atoms with Crippen LogP contribution in [-0.2, 0) is 9.47 Å². The Morgan fingerprint density at radius 1 is 1.31 bits per heavy atom. The van der Waals surface area contributed by atoms with Crippen LogP contribution in [0.5, 0.6) is 0 Å². The van der Waals surface area contributed by atoms with E-state index in [1.807, 2.05) is 0 Å². The second-order valence-corrected chi connectivity index (χ2v) is 3.59. The Morgan fingerprint density at radius 2 is 2.12 bits per heavy atom. The van der Waals surface area contributed by atoms with Gasteiger partial charge in [0.1, 0.15) is 5.82 Å². The Labute approximate surface area is 99.5 Å². The summed E-state index contributed by atoms with van der Waals surface area (Å²) in [7, 11) is 1.61. The molecule has 0 spiro atoms. The highest BCUT2D eigenvalue weighted by Gasteiger charge is 2.01. The fourth-order valence-corrected chi connectivity index (χ4v) is 1.31. The minimum atomic E-state index is -0.318. The average Bonchev–Trinajstić information content (AvgIpc) is 2.28. The van der Waals surface area contributed by atoms with Gasteiger partial charge in [-0.05, 0) is 18.2 Å². The van der Waals surface area contributed by atoms with Crippen molar-refractivity contribution in [3.05, 3.63) is 29.0 Å². The van der Waals surface area contributed by atoms with Gasteiger partial charge in [0.05, 0.1) is 25.5 Å². The van der Waals surface area contributed by atoms with Crippen LogP contribution in [0.25, 0.3) is 0 Å². The Hall–Kier alpha value is -0.840. The van der Waals surface area contributed by atoms with Crippen molar-refractivity contribution in [2.75, 3.05) is 38.8 Å². The molecule has 0 heterocycles. The standard InChI is InChI=1S/C11H15ClFNO2/c1-15-6-7-16-5-4-14-11-8-9(12)2-3-10(11)13/h2-3,8,14H,4-7H2,1H3. The monoisotopic (exact) mass is 247 g/mol. The largest absolute Gasteiger partial charge is 0.382 e. The summed E-state index contributed by atoms with van der Waals surface area (Å²) in [5.74, 6) is -0.318. The van der Waals surface area contributed by atoms with E-state index < -0.39 is 0 Å². The van der Waals surface area contributed by atoms with Gasteiger partial charge in [-0.1, -0.05) is 11.6 Å². The number of ether oxygens (including phenoxy) is 2. The summed E-state index contributed by atoms with van der Waals surface area (Å²) < 4.78 is 23.3. The maximum atomic E-state index is 13.2. The van der Waals surface area contributed by atoms with E-state index in [0.29, 0.717) is 37.1 Å². The van der Waals surface area contributed by atoms with Crippen LogP contribution in [0, 0.1) is 5.82 Å². The van der Waals surface area contributed by atoms with Crippen molar-refractivity contribution < 1.29 is 13.9 Å². The van der Waals surface area contributed by atoms with Crippen LogP contribution >= 0.6 is 11.6 Å². The number of anilines is 1. The fourth-order valence-electron chi connectivity index (χ4n) is 1.14. The predicted molar refractivity (Wildman–Crippen MR) is 62.6 cm³/mol. The van der Waals surface area contributed by atoms with E-state index in [1.165, 1.54) is 12.1 Å². The molecule has 0 fully saturated rings. The summed E-state index contributed by atoms with van der Waals surface area (Å²) in [6, 6.07) is 4.39. The van der Waals surface area contributed by atoms with Crippen LogP contribution < -0.4 is 5.32 Å². The van der Waals surface area contributed by atoms with E-state index in [-0.39, 0.29) is 5.82 Å². The molecule has 5 heteroatoms. The molecule has 0 aromatic heterocycles. The lowest BCUT2D eigenvalue weighted by molar-refractivity contribution is 0.0759. The van der Waals surface area contributed by atoms with Gasteiger partial charge in [0.2, 0.25) is 0 Å². The molecule has 0 amide bonds. The summed E-state index contributed by atoms with van der Waals surface area (Å²) >= 11 is 5.74. The van der Waals surface area contributed by atoms with Crippen molar-refractivity contribution in [2.24, 2.45) is 0 Å². The molecule has 0 aliphatic carbocycles. The van der Waals surface area contributed by atoms with Crippen LogP contribution in [-0.4, -0.2) is 33.5 Å². The molecule has 0 atom stereocenters. The van der Waals surface area contributed by atoms with E-state index in [2.05, 4.69) is 5.32 Å². The molecule has 1 rings (SSSR count). The number of methoxy groups -OCH3 is 1. The lowest BCUT2D eigenvalue weighted by Gasteiger charge is -2.08. The summed E-state index contributed by atoms with van der Waals surface area (Å²) in [5, 5.41) is 3.41.